The van der Waals surface area contributed by atoms with E-state index < -0.39 is 0 Å². The molecule has 1 aromatic carbocycles. The molecule has 0 fully saturated rings. The van der Waals surface area contributed by atoms with E-state index in [4.69, 9.17) is 0 Å². The molecule has 0 saturated carbocycles. The summed E-state index contributed by atoms with van der Waals surface area (Å²) in [5.74, 6) is -0.291. The highest BCUT2D eigenvalue weighted by Gasteiger charge is 2.05. The van der Waals surface area contributed by atoms with Gasteiger partial charge in [-0.15, -0.1) is 11.3 Å². The number of hydrogen-bond acceptors (Lipinski definition) is 5. The third-order valence-electron chi connectivity index (χ3n) is 3.24. The molecule has 0 aliphatic heterocycles. The van der Waals surface area contributed by atoms with Crippen LogP contribution in [0.4, 0.5) is 0 Å². The Balaban J connectivity index is 0.000000196. The van der Waals surface area contributed by atoms with Crippen molar-refractivity contribution in [2.45, 2.75) is 13.5 Å². The molecule has 0 spiro atoms. The maximum atomic E-state index is 10.8. The minimum absolute atomic E-state index is 0.291. The fraction of sp³-hybridized carbons (Fsp3) is 0.167. The van der Waals surface area contributed by atoms with Crippen LogP contribution in [0.3, 0.4) is 0 Å². The molecule has 0 amide bonds. The van der Waals surface area contributed by atoms with Crippen LogP contribution in [0.15, 0.2) is 51.9 Å². The Labute approximate surface area is 158 Å². The number of rotatable bonds is 4. The number of thiazole rings is 1. The molecule has 2 aromatic heterocycles. The number of aryl methyl sites for hydroxylation is 1. The zero-order chi connectivity index (χ0) is 18.2. The minimum atomic E-state index is -0.291. The molecule has 0 bridgehead atoms. The van der Waals surface area contributed by atoms with Gasteiger partial charge in [-0.25, -0.2) is 9.78 Å². The first-order chi connectivity index (χ1) is 12.0. The average molecular weight is 421 g/mol. The van der Waals surface area contributed by atoms with E-state index in [1.807, 2.05) is 35.2 Å². The topological polar surface area (TPSA) is 61.2 Å². The molecule has 25 heavy (non-hydrogen) atoms. The number of halogens is 1. The fourth-order valence-corrected chi connectivity index (χ4v) is 3.17. The second-order valence-electron chi connectivity index (χ2n) is 5.14. The molecule has 0 aliphatic rings. The Hall–Kier alpha value is -2.25. The van der Waals surface area contributed by atoms with Crippen LogP contribution in [0, 0.1) is 6.92 Å². The van der Waals surface area contributed by atoms with Gasteiger partial charge in [0.05, 0.1) is 30.6 Å². The van der Waals surface area contributed by atoms with Crippen molar-refractivity contribution in [3.05, 3.63) is 74.4 Å². The summed E-state index contributed by atoms with van der Waals surface area (Å²) < 4.78 is 7.27. The first-order valence-electron chi connectivity index (χ1n) is 7.38. The molecule has 3 rings (SSSR count). The van der Waals surface area contributed by atoms with Crippen molar-refractivity contribution < 1.29 is 14.3 Å². The van der Waals surface area contributed by atoms with E-state index in [0.717, 1.165) is 21.5 Å². The lowest BCUT2D eigenvalue weighted by atomic mass is 10.2. The molecule has 7 heteroatoms. The number of carbonyl (C=O) groups is 2. The van der Waals surface area contributed by atoms with Gasteiger partial charge in [-0.1, -0.05) is 18.2 Å². The molecule has 0 atom stereocenters. The smallest absolute Gasteiger partial charge is 0.337 e. The summed E-state index contributed by atoms with van der Waals surface area (Å²) in [6.07, 6.45) is 2.82. The van der Waals surface area contributed by atoms with Gasteiger partial charge in [0.2, 0.25) is 0 Å². The summed E-state index contributed by atoms with van der Waals surface area (Å²) >= 11 is 4.86. The maximum absolute atomic E-state index is 10.8. The second-order valence-corrected chi connectivity index (χ2v) is 7.27. The van der Waals surface area contributed by atoms with Crippen LogP contribution >= 0.6 is 27.3 Å². The lowest BCUT2D eigenvalue weighted by molar-refractivity contribution is 0.0600. The van der Waals surface area contributed by atoms with Crippen LogP contribution in [0.5, 0.6) is 0 Å². The lowest BCUT2D eigenvalue weighted by Gasteiger charge is -2.01. The van der Waals surface area contributed by atoms with Gasteiger partial charge in [0, 0.05) is 11.6 Å². The van der Waals surface area contributed by atoms with Gasteiger partial charge in [-0.3, -0.25) is 4.79 Å². The van der Waals surface area contributed by atoms with Gasteiger partial charge in [0.25, 0.3) is 0 Å². The fourth-order valence-electron chi connectivity index (χ4n) is 2.13. The van der Waals surface area contributed by atoms with Gasteiger partial charge >= 0.3 is 5.97 Å². The van der Waals surface area contributed by atoms with E-state index in [-0.39, 0.29) is 5.97 Å². The van der Waals surface area contributed by atoms with Crippen molar-refractivity contribution >= 4 is 39.5 Å². The predicted octanol–water partition coefficient (Wildman–Crippen LogP) is 4.35. The van der Waals surface area contributed by atoms with E-state index in [1.54, 1.807) is 35.6 Å². The van der Waals surface area contributed by atoms with Crippen molar-refractivity contribution in [2.75, 3.05) is 7.11 Å². The Morgan fingerprint density at radius 1 is 1.36 bits per heavy atom. The summed E-state index contributed by atoms with van der Waals surface area (Å²) in [6, 6.07) is 10.7. The number of aldehydes is 1. The van der Waals surface area contributed by atoms with Crippen LogP contribution in [0.25, 0.3) is 0 Å². The zero-order valence-electron chi connectivity index (χ0n) is 13.8. The molecule has 0 saturated heterocycles. The molecular formula is C18H17BrN2O3S. The van der Waals surface area contributed by atoms with Gasteiger partial charge < -0.3 is 9.30 Å². The normalized spacial score (nSPS) is 9.88. The minimum Gasteiger partial charge on any atom is -0.465 e. The van der Waals surface area contributed by atoms with Crippen LogP contribution in [0.2, 0.25) is 0 Å². The molecule has 2 heterocycles. The third-order valence-corrected chi connectivity index (χ3v) is 4.65. The molecular weight excluding hydrogens is 404 g/mol. The molecule has 0 unspecified atom stereocenters. The molecule has 3 aromatic rings. The van der Waals surface area contributed by atoms with Gasteiger partial charge in [0.1, 0.15) is 0 Å². The number of esters is 1. The number of nitrogens with zero attached hydrogens (tertiary/aromatic N) is 2. The van der Waals surface area contributed by atoms with Crippen molar-refractivity contribution in [3.8, 4) is 0 Å². The third kappa shape index (κ3) is 5.65. The van der Waals surface area contributed by atoms with E-state index >= 15 is 0 Å². The van der Waals surface area contributed by atoms with Gasteiger partial charge in [0.15, 0.2) is 10.2 Å². The second kappa shape index (κ2) is 9.29. The largest absolute Gasteiger partial charge is 0.465 e. The number of benzene rings is 1. The molecule has 130 valence electrons. The quantitative estimate of drug-likeness (QED) is 0.464. The first kappa shape index (κ1) is 19.1. The standard InChI is InChI=1S/C10H9BrN2OS.C8H8O2/c1-7-2-9(5-14)13(3-7)4-8-6-15-10(11)12-8;1-10-8(9)7-5-3-2-4-6-7/h2-3,5-6H,4H2,1H3;2-6H,1H3. The Kier molecular flexibility index (Phi) is 7.09. The summed E-state index contributed by atoms with van der Waals surface area (Å²) in [4.78, 5) is 25.9. The van der Waals surface area contributed by atoms with E-state index in [0.29, 0.717) is 17.8 Å². The van der Waals surface area contributed by atoms with Gasteiger partial charge in [-0.2, -0.15) is 0 Å². The maximum Gasteiger partial charge on any atom is 0.337 e. The molecule has 0 radical (unpaired) electrons. The Bertz CT molecular complexity index is 843. The van der Waals surface area contributed by atoms with Crippen molar-refractivity contribution in [3.63, 3.8) is 0 Å². The summed E-state index contributed by atoms with van der Waals surface area (Å²) in [7, 11) is 1.37. The monoisotopic (exact) mass is 420 g/mol. The van der Waals surface area contributed by atoms with Gasteiger partial charge in [-0.05, 0) is 46.6 Å². The highest BCUT2D eigenvalue weighted by molar-refractivity contribution is 9.11. The molecule has 0 aliphatic carbocycles. The number of carbonyl (C=O) groups excluding carboxylic acids is 2. The SMILES string of the molecule is COC(=O)c1ccccc1.Cc1cc(C=O)n(Cc2csc(Br)n2)c1. The summed E-state index contributed by atoms with van der Waals surface area (Å²) in [5, 5.41) is 1.98. The summed E-state index contributed by atoms with van der Waals surface area (Å²) in [5.41, 5.74) is 3.33. The van der Waals surface area contributed by atoms with Crippen LogP contribution in [0.1, 0.15) is 32.1 Å². The van der Waals surface area contributed by atoms with Crippen LogP contribution in [-0.4, -0.2) is 28.9 Å². The van der Waals surface area contributed by atoms with Crippen LogP contribution in [-0.2, 0) is 11.3 Å². The number of ether oxygens (including phenoxy) is 1. The molecule has 0 N–H and O–H groups in total. The van der Waals surface area contributed by atoms with E-state index in [9.17, 15) is 9.59 Å². The lowest BCUT2D eigenvalue weighted by Crippen LogP contribution is -2.02. The first-order valence-corrected chi connectivity index (χ1v) is 9.06. The van der Waals surface area contributed by atoms with Crippen LogP contribution < -0.4 is 0 Å². The number of methoxy groups -OCH3 is 1. The summed E-state index contributed by atoms with van der Waals surface area (Å²) in [6.45, 7) is 2.62. The zero-order valence-corrected chi connectivity index (χ0v) is 16.2. The van der Waals surface area contributed by atoms with E-state index in [1.165, 1.54) is 7.11 Å². The predicted molar refractivity (Wildman–Crippen MR) is 101 cm³/mol. The van der Waals surface area contributed by atoms with Crippen molar-refractivity contribution in [1.29, 1.82) is 0 Å². The van der Waals surface area contributed by atoms with Crippen molar-refractivity contribution in [2.24, 2.45) is 0 Å². The number of aromatic nitrogens is 2. The van der Waals surface area contributed by atoms with Crippen molar-refractivity contribution in [1.82, 2.24) is 9.55 Å². The highest BCUT2D eigenvalue weighted by Crippen LogP contribution is 2.17. The highest BCUT2D eigenvalue weighted by atomic mass is 79.9. The molecule has 5 nitrogen and oxygen atoms in total. The Morgan fingerprint density at radius 2 is 2.08 bits per heavy atom. The van der Waals surface area contributed by atoms with E-state index in [2.05, 4.69) is 25.7 Å². The number of hydrogen-bond donors (Lipinski definition) is 0. The Morgan fingerprint density at radius 3 is 2.64 bits per heavy atom. The average Bonchev–Trinajstić information content (AvgIpc) is 3.20.